The summed E-state index contributed by atoms with van der Waals surface area (Å²) < 4.78 is 5.73. The Labute approximate surface area is 158 Å². The highest BCUT2D eigenvalue weighted by atomic mass is 16.6. The number of carbonyl (C=O) groups excluding carboxylic acids is 2. The van der Waals surface area contributed by atoms with Crippen LogP contribution in [0.25, 0.3) is 0 Å². The molecule has 1 heterocycles. The number of benzene rings is 1. The Bertz CT molecular complexity index is 743. The molecular formula is C19H25N3O5. The lowest BCUT2D eigenvalue weighted by Crippen LogP contribution is -2.52. The summed E-state index contributed by atoms with van der Waals surface area (Å²) in [7, 11) is 0. The largest absolute Gasteiger partial charge is 0.478 e. The van der Waals surface area contributed by atoms with Crippen molar-refractivity contribution in [2.24, 2.45) is 5.92 Å². The SMILES string of the molecule is CC(C)C1Oc2cc([N+](=O)[O-])ccc2N(CC(=O)NC2CCCCC2)C1=O. The number of amides is 2. The van der Waals surface area contributed by atoms with Gasteiger partial charge in [-0.25, -0.2) is 0 Å². The van der Waals surface area contributed by atoms with Gasteiger partial charge in [-0.05, 0) is 24.8 Å². The minimum Gasteiger partial charge on any atom is -0.478 e. The molecule has 8 heteroatoms. The molecule has 146 valence electrons. The Morgan fingerprint density at radius 2 is 2.04 bits per heavy atom. The standard InChI is InChI=1S/C19H25N3O5/c1-12(2)18-19(24)21(11-17(23)20-13-6-4-3-5-7-13)15-9-8-14(22(25)26)10-16(15)27-18/h8-10,12-13,18H,3-7,11H2,1-2H3,(H,20,23). The number of nitro benzene ring substituents is 1. The van der Waals surface area contributed by atoms with Crippen molar-refractivity contribution in [1.82, 2.24) is 5.32 Å². The van der Waals surface area contributed by atoms with Crippen LogP contribution in [0.2, 0.25) is 0 Å². The minimum atomic E-state index is -0.776. The van der Waals surface area contributed by atoms with Crippen LogP contribution in [0.5, 0.6) is 5.75 Å². The Kier molecular flexibility index (Phi) is 5.62. The van der Waals surface area contributed by atoms with Gasteiger partial charge in [-0.1, -0.05) is 33.1 Å². The molecule has 8 nitrogen and oxygen atoms in total. The minimum absolute atomic E-state index is 0.114. The number of carbonyl (C=O) groups is 2. The third-order valence-electron chi connectivity index (χ3n) is 5.09. The van der Waals surface area contributed by atoms with E-state index in [0.29, 0.717) is 5.69 Å². The number of fused-ring (bicyclic) bond motifs is 1. The van der Waals surface area contributed by atoms with Gasteiger partial charge < -0.3 is 10.1 Å². The fourth-order valence-electron chi connectivity index (χ4n) is 3.64. The number of anilines is 1. The summed E-state index contributed by atoms with van der Waals surface area (Å²) in [6.07, 6.45) is 4.53. The van der Waals surface area contributed by atoms with Crippen LogP contribution in [-0.2, 0) is 9.59 Å². The van der Waals surface area contributed by atoms with E-state index in [4.69, 9.17) is 4.74 Å². The van der Waals surface area contributed by atoms with Crippen LogP contribution in [0.4, 0.5) is 11.4 Å². The van der Waals surface area contributed by atoms with Gasteiger partial charge >= 0.3 is 0 Å². The topological polar surface area (TPSA) is 102 Å². The maximum atomic E-state index is 12.9. The molecule has 1 aromatic carbocycles. The van der Waals surface area contributed by atoms with Gasteiger partial charge in [0, 0.05) is 12.1 Å². The van der Waals surface area contributed by atoms with Gasteiger partial charge in [0.1, 0.15) is 6.54 Å². The third kappa shape index (κ3) is 4.20. The van der Waals surface area contributed by atoms with Crippen molar-refractivity contribution in [1.29, 1.82) is 0 Å². The normalized spacial score (nSPS) is 20.2. The summed E-state index contributed by atoms with van der Waals surface area (Å²) in [5, 5.41) is 14.1. The summed E-state index contributed by atoms with van der Waals surface area (Å²) in [5.41, 5.74) is 0.276. The number of non-ortho nitro benzene ring substituents is 1. The average Bonchev–Trinajstić information content (AvgIpc) is 2.63. The summed E-state index contributed by atoms with van der Waals surface area (Å²) in [5.74, 6) is -0.393. The molecule has 2 amide bonds. The van der Waals surface area contributed by atoms with E-state index in [1.807, 2.05) is 13.8 Å². The number of ether oxygens (including phenoxy) is 1. The molecule has 1 N–H and O–H groups in total. The smallest absolute Gasteiger partial charge is 0.273 e. The molecule has 1 aromatic rings. The Morgan fingerprint density at radius 1 is 1.33 bits per heavy atom. The van der Waals surface area contributed by atoms with Gasteiger partial charge in [0.25, 0.3) is 11.6 Å². The van der Waals surface area contributed by atoms with E-state index in [2.05, 4.69) is 5.32 Å². The lowest BCUT2D eigenvalue weighted by molar-refractivity contribution is -0.384. The maximum Gasteiger partial charge on any atom is 0.273 e. The molecule has 1 unspecified atom stereocenters. The molecule has 0 aromatic heterocycles. The van der Waals surface area contributed by atoms with Crippen LogP contribution >= 0.6 is 0 Å². The fourth-order valence-corrected chi connectivity index (χ4v) is 3.64. The van der Waals surface area contributed by atoms with Gasteiger partial charge in [-0.3, -0.25) is 24.6 Å². The lowest BCUT2D eigenvalue weighted by Gasteiger charge is -2.35. The molecule has 27 heavy (non-hydrogen) atoms. The number of nitrogens with one attached hydrogen (secondary N) is 1. The van der Waals surface area contributed by atoms with E-state index in [-0.39, 0.29) is 41.8 Å². The molecular weight excluding hydrogens is 350 g/mol. The third-order valence-corrected chi connectivity index (χ3v) is 5.09. The second kappa shape index (κ2) is 7.94. The number of hydrogen-bond donors (Lipinski definition) is 1. The van der Waals surface area contributed by atoms with E-state index >= 15 is 0 Å². The highest BCUT2D eigenvalue weighted by molar-refractivity contribution is 6.04. The first-order valence-corrected chi connectivity index (χ1v) is 9.42. The molecule has 2 aliphatic rings. The molecule has 1 atom stereocenters. The number of rotatable bonds is 5. The zero-order valence-electron chi connectivity index (χ0n) is 15.6. The van der Waals surface area contributed by atoms with Crippen LogP contribution < -0.4 is 15.0 Å². The molecule has 0 bridgehead atoms. The molecule has 0 saturated heterocycles. The number of nitro groups is 1. The maximum absolute atomic E-state index is 12.9. The van der Waals surface area contributed by atoms with Crippen molar-refractivity contribution in [3.05, 3.63) is 28.3 Å². The van der Waals surface area contributed by atoms with Crippen molar-refractivity contribution in [3.63, 3.8) is 0 Å². The zero-order valence-corrected chi connectivity index (χ0v) is 15.6. The average molecular weight is 375 g/mol. The van der Waals surface area contributed by atoms with Gasteiger partial charge in [0.2, 0.25) is 5.91 Å². The highest BCUT2D eigenvalue weighted by Crippen LogP contribution is 2.38. The molecule has 1 fully saturated rings. The van der Waals surface area contributed by atoms with Crippen molar-refractivity contribution in [2.75, 3.05) is 11.4 Å². The van der Waals surface area contributed by atoms with Crippen molar-refractivity contribution < 1.29 is 19.2 Å². The van der Waals surface area contributed by atoms with Crippen LogP contribution in [0, 0.1) is 16.0 Å². The van der Waals surface area contributed by atoms with E-state index in [1.54, 1.807) is 0 Å². The fraction of sp³-hybridized carbons (Fsp3) is 0.579. The Hall–Kier alpha value is -2.64. The van der Waals surface area contributed by atoms with Crippen LogP contribution in [0.3, 0.4) is 0 Å². The first kappa shape index (κ1) is 19.1. The van der Waals surface area contributed by atoms with E-state index in [1.165, 1.54) is 29.5 Å². The van der Waals surface area contributed by atoms with Crippen LogP contribution in [0.15, 0.2) is 18.2 Å². The first-order valence-electron chi connectivity index (χ1n) is 9.42. The van der Waals surface area contributed by atoms with Crippen LogP contribution in [-0.4, -0.2) is 35.4 Å². The summed E-state index contributed by atoms with van der Waals surface area (Å²) in [4.78, 5) is 37.3. The molecule has 1 saturated carbocycles. The summed E-state index contributed by atoms with van der Waals surface area (Å²) >= 11 is 0. The van der Waals surface area contributed by atoms with Gasteiger partial charge in [0.15, 0.2) is 11.9 Å². The predicted octanol–water partition coefficient (Wildman–Crippen LogP) is 2.79. The van der Waals surface area contributed by atoms with Crippen molar-refractivity contribution in [2.45, 2.75) is 58.1 Å². The second-order valence-corrected chi connectivity index (χ2v) is 7.52. The number of nitrogens with zero attached hydrogens (tertiary/aromatic N) is 2. The van der Waals surface area contributed by atoms with E-state index < -0.39 is 11.0 Å². The van der Waals surface area contributed by atoms with Crippen molar-refractivity contribution >= 4 is 23.2 Å². The van der Waals surface area contributed by atoms with Gasteiger partial charge in [-0.2, -0.15) is 0 Å². The number of hydrogen-bond acceptors (Lipinski definition) is 5. The zero-order chi connectivity index (χ0) is 19.6. The van der Waals surface area contributed by atoms with E-state index in [9.17, 15) is 19.7 Å². The summed E-state index contributed by atoms with van der Waals surface area (Å²) in [6, 6.07) is 4.25. The molecule has 1 aliphatic carbocycles. The summed E-state index contributed by atoms with van der Waals surface area (Å²) in [6.45, 7) is 3.56. The molecule has 0 radical (unpaired) electrons. The van der Waals surface area contributed by atoms with Gasteiger partial charge in [0.05, 0.1) is 16.7 Å². The highest BCUT2D eigenvalue weighted by Gasteiger charge is 2.38. The van der Waals surface area contributed by atoms with Gasteiger partial charge in [-0.15, -0.1) is 0 Å². The molecule has 0 spiro atoms. The Balaban J connectivity index is 1.82. The van der Waals surface area contributed by atoms with E-state index in [0.717, 1.165) is 25.7 Å². The molecule has 3 rings (SSSR count). The lowest BCUT2D eigenvalue weighted by atomic mass is 9.95. The van der Waals surface area contributed by atoms with Crippen LogP contribution in [0.1, 0.15) is 46.0 Å². The monoisotopic (exact) mass is 375 g/mol. The second-order valence-electron chi connectivity index (χ2n) is 7.52. The molecule has 1 aliphatic heterocycles. The van der Waals surface area contributed by atoms with Crippen molar-refractivity contribution in [3.8, 4) is 5.75 Å². The Morgan fingerprint density at radius 3 is 2.67 bits per heavy atom. The quantitative estimate of drug-likeness (QED) is 0.630. The first-order chi connectivity index (χ1) is 12.9. The predicted molar refractivity (Wildman–Crippen MR) is 99.7 cm³/mol.